The van der Waals surface area contributed by atoms with Crippen LogP contribution in [0.25, 0.3) is 65.7 Å². The average molecular weight is 807 g/mol. The van der Waals surface area contributed by atoms with Crippen molar-refractivity contribution in [2.24, 2.45) is 0 Å². The van der Waals surface area contributed by atoms with Gasteiger partial charge in [-0.2, -0.15) is 0 Å². The maximum atomic E-state index is 2.58. The summed E-state index contributed by atoms with van der Waals surface area (Å²) in [7, 11) is 0. The van der Waals surface area contributed by atoms with E-state index in [9.17, 15) is 0 Å². The lowest BCUT2D eigenvalue weighted by molar-refractivity contribution is 1.26. The number of benzene rings is 11. The van der Waals surface area contributed by atoms with Crippen LogP contribution in [0.15, 0.2) is 218 Å². The molecule has 0 N–H and O–H groups in total. The topological polar surface area (TPSA) is 6.48 Å². The molecule has 292 valence electrons. The van der Waals surface area contributed by atoms with Crippen LogP contribution in [-0.4, -0.2) is 13.4 Å². The SMILES string of the molecule is c1ccc(-c2ccccc2-c2c3cccc4c3c3c5c(cccc25)B2c5cc6ccccc6cc5N(c5ccccc5)c5cc6c(c-3c52)B4c2ccccc2N6c2ccccc2)cc1. The molecule has 4 aliphatic heterocycles. The van der Waals surface area contributed by atoms with Gasteiger partial charge in [-0.15, -0.1) is 0 Å². The van der Waals surface area contributed by atoms with Crippen LogP contribution >= 0.6 is 0 Å². The second-order valence-corrected chi connectivity index (χ2v) is 17.8. The van der Waals surface area contributed by atoms with Gasteiger partial charge in [0.25, 0.3) is 0 Å². The van der Waals surface area contributed by atoms with Crippen LogP contribution in [0.2, 0.25) is 0 Å². The zero-order valence-electron chi connectivity index (χ0n) is 34.8. The van der Waals surface area contributed by atoms with Crippen molar-refractivity contribution in [1.82, 2.24) is 0 Å². The first-order valence-electron chi connectivity index (χ1n) is 22.5. The average Bonchev–Trinajstić information content (AvgIpc) is 3.36. The Morgan fingerprint density at radius 1 is 0.297 bits per heavy atom. The monoisotopic (exact) mass is 806 g/mol. The minimum atomic E-state index is 0.00833. The van der Waals surface area contributed by atoms with Crippen LogP contribution in [0.4, 0.5) is 34.1 Å². The first-order valence-corrected chi connectivity index (χ1v) is 22.5. The Balaban J connectivity index is 1.18. The molecule has 4 heterocycles. The van der Waals surface area contributed by atoms with E-state index in [0.717, 1.165) is 5.69 Å². The van der Waals surface area contributed by atoms with Gasteiger partial charge in [0.15, 0.2) is 0 Å². The normalized spacial score (nSPS) is 13.5. The van der Waals surface area contributed by atoms with Crippen LogP contribution in [0, 0.1) is 0 Å². The van der Waals surface area contributed by atoms with E-state index in [-0.39, 0.29) is 13.4 Å². The predicted molar refractivity (Wildman–Crippen MR) is 274 cm³/mol. The van der Waals surface area contributed by atoms with Gasteiger partial charge in [0.1, 0.15) is 0 Å². The second kappa shape index (κ2) is 12.8. The number of fused-ring (bicyclic) bond motifs is 7. The number of anilines is 6. The summed E-state index contributed by atoms with van der Waals surface area (Å²) in [5.41, 5.74) is 23.5. The Kier molecular flexibility index (Phi) is 6.88. The lowest BCUT2D eigenvalue weighted by atomic mass is 9.26. The summed E-state index contributed by atoms with van der Waals surface area (Å²) < 4.78 is 0. The molecule has 0 spiro atoms. The van der Waals surface area contributed by atoms with Crippen molar-refractivity contribution >= 4 is 113 Å². The Labute approximate surface area is 372 Å². The van der Waals surface area contributed by atoms with Crippen molar-refractivity contribution in [3.8, 4) is 33.4 Å². The van der Waals surface area contributed by atoms with Gasteiger partial charge in [-0.1, -0.05) is 187 Å². The Morgan fingerprint density at radius 2 is 0.797 bits per heavy atom. The highest BCUT2D eigenvalue weighted by Crippen LogP contribution is 2.52. The zero-order chi connectivity index (χ0) is 41.6. The minimum absolute atomic E-state index is 0.00833. The second-order valence-electron chi connectivity index (χ2n) is 17.8. The van der Waals surface area contributed by atoms with Gasteiger partial charge in [0.05, 0.1) is 0 Å². The van der Waals surface area contributed by atoms with Gasteiger partial charge in [-0.25, -0.2) is 0 Å². The molecule has 0 bridgehead atoms. The molecule has 4 heteroatoms. The van der Waals surface area contributed by atoms with E-state index in [1.54, 1.807) is 0 Å². The number of hydrogen-bond acceptors (Lipinski definition) is 2. The smallest absolute Gasteiger partial charge is 0.248 e. The van der Waals surface area contributed by atoms with E-state index in [4.69, 9.17) is 0 Å². The van der Waals surface area contributed by atoms with Crippen molar-refractivity contribution < 1.29 is 0 Å². The van der Waals surface area contributed by atoms with Crippen LogP contribution in [0.3, 0.4) is 0 Å². The van der Waals surface area contributed by atoms with Gasteiger partial charge in [-0.3, -0.25) is 0 Å². The quantitative estimate of drug-likeness (QED) is 0.129. The first kappa shape index (κ1) is 34.5. The van der Waals surface area contributed by atoms with E-state index in [0.29, 0.717) is 0 Å². The molecule has 11 aromatic rings. The summed E-state index contributed by atoms with van der Waals surface area (Å²) >= 11 is 0. The molecular weight excluding hydrogens is 770 g/mol. The summed E-state index contributed by atoms with van der Waals surface area (Å²) in [4.78, 5) is 5.13. The van der Waals surface area contributed by atoms with Crippen LogP contribution in [0.5, 0.6) is 0 Å². The number of para-hydroxylation sites is 3. The van der Waals surface area contributed by atoms with Crippen LogP contribution in [0.1, 0.15) is 0 Å². The molecule has 0 fully saturated rings. The molecule has 2 nitrogen and oxygen atoms in total. The van der Waals surface area contributed by atoms with Crippen LogP contribution < -0.4 is 42.6 Å². The first-order chi connectivity index (χ1) is 31.8. The Morgan fingerprint density at radius 3 is 1.45 bits per heavy atom. The fourth-order valence-electron chi connectivity index (χ4n) is 12.4. The summed E-state index contributed by atoms with van der Waals surface area (Å²) in [6, 6.07) is 82.1. The van der Waals surface area contributed by atoms with Crippen molar-refractivity contribution in [3.63, 3.8) is 0 Å². The minimum Gasteiger partial charge on any atom is -0.311 e. The van der Waals surface area contributed by atoms with E-state index in [1.165, 1.54) is 127 Å². The number of nitrogens with zero attached hydrogens (tertiary/aromatic N) is 2. The third-order valence-corrected chi connectivity index (χ3v) is 14.8. The highest BCUT2D eigenvalue weighted by molar-refractivity contribution is 7.05. The molecule has 15 rings (SSSR count). The number of hydrogen-bond donors (Lipinski definition) is 0. The van der Waals surface area contributed by atoms with Crippen LogP contribution in [-0.2, 0) is 0 Å². The molecule has 64 heavy (non-hydrogen) atoms. The summed E-state index contributed by atoms with van der Waals surface area (Å²) in [6.07, 6.45) is 0. The molecule has 0 atom stereocenters. The lowest BCUT2D eigenvalue weighted by Gasteiger charge is -2.47. The molecule has 0 saturated carbocycles. The summed E-state index contributed by atoms with van der Waals surface area (Å²) in [5.74, 6) is 0. The standard InChI is InChI=1S/C60H36B2N2/c1-4-18-37(19-5-1)42-26-12-13-27-43(42)54-44-28-16-31-47-55(44)57-56-45(54)29-17-32-48(56)62-49-34-38-20-10-11-21-39(38)35-51(49)64(41-24-8-3-9-25-41)53-36-52-59(58(57)60(53)62)61(47)46-30-14-15-33-50(46)63(52)40-22-6-2-7-23-40/h1-36H. The zero-order valence-corrected chi connectivity index (χ0v) is 34.8. The summed E-state index contributed by atoms with van der Waals surface area (Å²) in [5, 5.41) is 7.90. The van der Waals surface area contributed by atoms with E-state index in [1.807, 2.05) is 0 Å². The molecular formula is C60H36B2N2. The maximum Gasteiger partial charge on any atom is 0.248 e. The fraction of sp³-hybridized carbons (Fsp3) is 0. The summed E-state index contributed by atoms with van der Waals surface area (Å²) in [6.45, 7) is 0.0420. The fourth-order valence-corrected chi connectivity index (χ4v) is 12.4. The van der Waals surface area contributed by atoms with Crippen molar-refractivity contribution in [2.45, 2.75) is 0 Å². The van der Waals surface area contributed by atoms with Crippen molar-refractivity contribution in [3.05, 3.63) is 218 Å². The molecule has 0 radical (unpaired) electrons. The van der Waals surface area contributed by atoms with Gasteiger partial charge >= 0.3 is 0 Å². The highest BCUT2D eigenvalue weighted by Gasteiger charge is 2.50. The predicted octanol–water partition coefficient (Wildman–Crippen LogP) is 11.4. The Bertz CT molecular complexity index is 3810. The van der Waals surface area contributed by atoms with E-state index in [2.05, 4.69) is 228 Å². The molecule has 0 aromatic heterocycles. The third kappa shape index (κ3) is 4.42. The Hall–Kier alpha value is -8.07. The van der Waals surface area contributed by atoms with Gasteiger partial charge in [0, 0.05) is 34.1 Å². The van der Waals surface area contributed by atoms with Gasteiger partial charge in [-0.05, 0) is 130 Å². The molecule has 4 aliphatic rings. The molecule has 0 saturated heterocycles. The van der Waals surface area contributed by atoms with Gasteiger partial charge in [0.2, 0.25) is 13.4 Å². The highest BCUT2D eigenvalue weighted by atomic mass is 15.2. The van der Waals surface area contributed by atoms with E-state index < -0.39 is 0 Å². The van der Waals surface area contributed by atoms with E-state index >= 15 is 0 Å². The largest absolute Gasteiger partial charge is 0.311 e. The molecule has 0 aliphatic carbocycles. The lowest BCUT2D eigenvalue weighted by Crippen LogP contribution is -2.66. The van der Waals surface area contributed by atoms with Gasteiger partial charge < -0.3 is 9.80 Å². The molecule has 0 amide bonds. The van der Waals surface area contributed by atoms with Crippen molar-refractivity contribution in [1.29, 1.82) is 0 Å². The number of rotatable bonds is 4. The molecule has 11 aromatic carbocycles. The molecule has 0 unspecified atom stereocenters. The third-order valence-electron chi connectivity index (χ3n) is 14.8. The van der Waals surface area contributed by atoms with Crippen molar-refractivity contribution in [2.75, 3.05) is 9.80 Å². The maximum absolute atomic E-state index is 2.58.